The number of benzene rings is 2. The van der Waals surface area contributed by atoms with Crippen LogP contribution in [0.15, 0.2) is 42.6 Å². The second-order valence-electron chi connectivity index (χ2n) is 8.81. The molecule has 4 rings (SSSR count). The van der Waals surface area contributed by atoms with Gasteiger partial charge in [0, 0.05) is 42.7 Å². The molecular weight excluding hydrogens is 454 g/mol. The first-order valence-electron chi connectivity index (χ1n) is 10.9. The molecule has 1 amide bonds. The number of ether oxygens (including phenoxy) is 1. The fourth-order valence-electron chi connectivity index (χ4n) is 4.58. The number of alkyl halides is 3. The summed E-state index contributed by atoms with van der Waals surface area (Å²) in [6.07, 6.45) is -3.82. The predicted molar refractivity (Wildman–Crippen MR) is 117 cm³/mol. The molecule has 34 heavy (non-hydrogen) atoms. The number of likely N-dealkylation sites (tertiary alicyclic amines) is 1. The third-order valence-corrected chi connectivity index (χ3v) is 6.58. The summed E-state index contributed by atoms with van der Waals surface area (Å²) in [5.74, 6) is -0.391. The highest BCUT2D eigenvalue weighted by atomic mass is 19.4. The van der Waals surface area contributed by atoms with E-state index in [1.54, 1.807) is 26.1 Å². The van der Waals surface area contributed by atoms with E-state index in [1.807, 2.05) is 0 Å². The fourth-order valence-corrected chi connectivity index (χ4v) is 4.58. The summed E-state index contributed by atoms with van der Waals surface area (Å²) in [4.78, 5) is 12.7. The molecule has 1 unspecified atom stereocenters. The van der Waals surface area contributed by atoms with Gasteiger partial charge in [0.05, 0.1) is 23.8 Å². The molecule has 0 saturated carbocycles. The van der Waals surface area contributed by atoms with Gasteiger partial charge in [-0.2, -0.15) is 18.3 Å². The van der Waals surface area contributed by atoms with Crippen molar-refractivity contribution in [2.45, 2.75) is 37.5 Å². The Labute approximate surface area is 193 Å². The van der Waals surface area contributed by atoms with Crippen molar-refractivity contribution in [3.8, 4) is 0 Å². The minimum Gasteiger partial charge on any atom is -0.465 e. The van der Waals surface area contributed by atoms with Crippen LogP contribution in [-0.4, -0.2) is 45.6 Å². The average molecular weight is 479 g/mol. The molecule has 0 aliphatic carbocycles. The first-order valence-corrected chi connectivity index (χ1v) is 10.9. The van der Waals surface area contributed by atoms with Gasteiger partial charge in [-0.25, -0.2) is 9.18 Å². The molecule has 182 valence electrons. The van der Waals surface area contributed by atoms with Crippen LogP contribution in [-0.2, 0) is 23.4 Å². The van der Waals surface area contributed by atoms with Gasteiger partial charge < -0.3 is 14.7 Å². The summed E-state index contributed by atoms with van der Waals surface area (Å²) in [5.41, 5.74) is 0.181. The molecule has 1 N–H and O–H groups in total. The quantitative estimate of drug-likeness (QED) is 0.490. The second kappa shape index (κ2) is 8.90. The van der Waals surface area contributed by atoms with Crippen molar-refractivity contribution in [2.24, 2.45) is 7.05 Å². The Balaban J connectivity index is 1.64. The lowest BCUT2D eigenvalue weighted by Gasteiger charge is -2.41. The van der Waals surface area contributed by atoms with Gasteiger partial charge in [-0.05, 0) is 49.6 Å². The van der Waals surface area contributed by atoms with E-state index in [9.17, 15) is 27.5 Å². The molecule has 1 aliphatic heterocycles. The Morgan fingerprint density at radius 3 is 2.44 bits per heavy atom. The Morgan fingerprint density at radius 2 is 1.85 bits per heavy atom. The largest absolute Gasteiger partial charge is 0.465 e. The summed E-state index contributed by atoms with van der Waals surface area (Å²) >= 11 is 0. The van der Waals surface area contributed by atoms with E-state index in [2.05, 4.69) is 5.10 Å². The highest BCUT2D eigenvalue weighted by molar-refractivity contribution is 5.83. The van der Waals surface area contributed by atoms with Crippen molar-refractivity contribution in [1.29, 1.82) is 0 Å². The smallest absolute Gasteiger partial charge is 0.416 e. The van der Waals surface area contributed by atoms with Gasteiger partial charge in [0.2, 0.25) is 0 Å². The van der Waals surface area contributed by atoms with E-state index in [0.29, 0.717) is 29.3 Å². The topological polar surface area (TPSA) is 67.6 Å². The molecule has 6 nitrogen and oxygen atoms in total. The number of carboxylic acid groups (broad SMARTS) is 1. The number of hydrogen-bond donors (Lipinski definition) is 1. The van der Waals surface area contributed by atoms with Crippen molar-refractivity contribution in [3.05, 3.63) is 65.1 Å². The van der Waals surface area contributed by atoms with Gasteiger partial charge in [-0.3, -0.25) is 4.68 Å². The lowest BCUT2D eigenvalue weighted by molar-refractivity contribution is -0.137. The predicted octanol–water partition coefficient (Wildman–Crippen LogP) is 5.52. The van der Waals surface area contributed by atoms with Crippen LogP contribution in [0.2, 0.25) is 0 Å². The van der Waals surface area contributed by atoms with Crippen molar-refractivity contribution in [3.63, 3.8) is 0 Å². The molecule has 2 heterocycles. The molecule has 1 saturated heterocycles. The van der Waals surface area contributed by atoms with Crippen LogP contribution in [0.3, 0.4) is 0 Å². The lowest BCUT2D eigenvalue weighted by atomic mass is 9.73. The van der Waals surface area contributed by atoms with Gasteiger partial charge in [-0.15, -0.1) is 0 Å². The van der Waals surface area contributed by atoms with Crippen LogP contribution in [0.1, 0.15) is 42.6 Å². The summed E-state index contributed by atoms with van der Waals surface area (Å²) in [7, 11) is 1.64. The number of nitrogens with zero attached hydrogens (tertiary/aromatic N) is 3. The molecule has 0 spiro atoms. The number of carbonyl (C=O) groups is 1. The van der Waals surface area contributed by atoms with Crippen molar-refractivity contribution < 1.29 is 32.2 Å². The minimum absolute atomic E-state index is 0.137. The van der Waals surface area contributed by atoms with Gasteiger partial charge in [-0.1, -0.05) is 12.1 Å². The van der Waals surface area contributed by atoms with Gasteiger partial charge in [0.1, 0.15) is 5.82 Å². The van der Waals surface area contributed by atoms with Crippen LogP contribution in [0, 0.1) is 5.82 Å². The van der Waals surface area contributed by atoms with E-state index in [1.165, 1.54) is 27.9 Å². The molecule has 2 aromatic carbocycles. The fraction of sp³-hybridized carbons (Fsp3) is 0.417. The summed E-state index contributed by atoms with van der Waals surface area (Å²) in [6, 6.07) is 8.13. The highest BCUT2D eigenvalue weighted by Crippen LogP contribution is 2.39. The van der Waals surface area contributed by atoms with Crippen molar-refractivity contribution >= 4 is 17.0 Å². The average Bonchev–Trinajstić information content (AvgIpc) is 3.17. The number of aromatic nitrogens is 2. The van der Waals surface area contributed by atoms with E-state index in [-0.39, 0.29) is 19.7 Å². The molecule has 0 bridgehead atoms. The number of fused-ring (bicyclic) bond motifs is 1. The molecule has 10 heteroatoms. The minimum atomic E-state index is -4.52. The molecule has 3 aromatic rings. The van der Waals surface area contributed by atoms with E-state index >= 15 is 0 Å². The van der Waals surface area contributed by atoms with E-state index in [0.717, 1.165) is 17.7 Å². The van der Waals surface area contributed by atoms with Crippen LogP contribution in [0.5, 0.6) is 0 Å². The van der Waals surface area contributed by atoms with Gasteiger partial charge >= 0.3 is 12.3 Å². The van der Waals surface area contributed by atoms with Gasteiger partial charge in [0.25, 0.3) is 0 Å². The maximum Gasteiger partial charge on any atom is 0.416 e. The Morgan fingerprint density at radius 1 is 1.21 bits per heavy atom. The zero-order chi connectivity index (χ0) is 24.7. The van der Waals surface area contributed by atoms with E-state index < -0.39 is 35.2 Å². The summed E-state index contributed by atoms with van der Waals surface area (Å²) in [5, 5.41) is 14.0. The number of hydrogen-bond acceptors (Lipinski definition) is 3. The zero-order valence-corrected chi connectivity index (χ0v) is 18.8. The number of amides is 1. The SMILES string of the molecule is CC(OCC1(c2ccc(F)cc2)CCN(C(=O)O)CC1)c1cc(C(F)(F)F)cc2cn(C)nc12. The van der Waals surface area contributed by atoms with Gasteiger partial charge in [0.15, 0.2) is 0 Å². The van der Waals surface area contributed by atoms with Crippen LogP contribution >= 0.6 is 0 Å². The molecule has 0 radical (unpaired) electrons. The zero-order valence-electron chi connectivity index (χ0n) is 18.8. The Kier molecular flexibility index (Phi) is 6.28. The highest BCUT2D eigenvalue weighted by Gasteiger charge is 2.39. The Hall–Kier alpha value is -3.14. The van der Waals surface area contributed by atoms with Crippen molar-refractivity contribution in [2.75, 3.05) is 19.7 Å². The maximum atomic E-state index is 13.5. The molecule has 1 fully saturated rings. The first kappa shape index (κ1) is 24.0. The van der Waals surface area contributed by atoms with Crippen molar-refractivity contribution in [1.82, 2.24) is 14.7 Å². The number of halogens is 4. The van der Waals surface area contributed by atoms with E-state index in [4.69, 9.17) is 4.74 Å². The monoisotopic (exact) mass is 479 g/mol. The first-order chi connectivity index (χ1) is 16.0. The normalized spacial score (nSPS) is 17.2. The maximum absolute atomic E-state index is 13.5. The second-order valence-corrected chi connectivity index (χ2v) is 8.81. The molecule has 1 atom stereocenters. The Bertz CT molecular complexity index is 1180. The van der Waals surface area contributed by atoms with Crippen LogP contribution in [0.4, 0.5) is 22.4 Å². The number of rotatable bonds is 5. The molecule has 1 aliphatic rings. The lowest BCUT2D eigenvalue weighted by Crippen LogP contribution is -2.47. The molecule has 1 aromatic heterocycles. The molecular formula is C24H25F4N3O3. The standard InChI is InChI=1S/C24H25F4N3O3/c1-15(20-12-18(24(26,27)28)11-16-13-30(2)29-21(16)20)34-14-23(17-3-5-19(25)6-4-17)7-9-31(10-8-23)22(32)33/h3-6,11-13,15H,7-10,14H2,1-2H3,(H,32,33). The third-order valence-electron chi connectivity index (χ3n) is 6.58. The van der Waals surface area contributed by atoms with Crippen LogP contribution < -0.4 is 0 Å². The number of aryl methyl sites for hydroxylation is 1. The third kappa shape index (κ3) is 4.72. The summed E-state index contributed by atoms with van der Waals surface area (Å²) < 4.78 is 61.7. The van der Waals surface area contributed by atoms with Crippen LogP contribution in [0.25, 0.3) is 10.9 Å². The number of piperidine rings is 1. The summed E-state index contributed by atoms with van der Waals surface area (Å²) in [6.45, 7) is 2.36.